The Hall–Kier alpha value is -1.68. The maximum absolute atomic E-state index is 12.1. The molecule has 0 unspecified atom stereocenters. The second-order valence-corrected chi connectivity index (χ2v) is 4.85. The Kier molecular flexibility index (Phi) is 3.77. The van der Waals surface area contributed by atoms with E-state index in [1.807, 2.05) is 44.2 Å². The Bertz CT molecular complexity index is 596. The molecule has 1 N–H and O–H groups in total. The lowest BCUT2D eigenvalue weighted by Crippen LogP contribution is -2.14. The van der Waals surface area contributed by atoms with Gasteiger partial charge in [0.05, 0.1) is 11.4 Å². The second kappa shape index (κ2) is 5.31. The first-order valence-corrected chi connectivity index (χ1v) is 6.37. The predicted octanol–water partition coefficient (Wildman–Crippen LogP) is 3.71. The molecule has 0 aliphatic carbocycles. The summed E-state index contributed by atoms with van der Waals surface area (Å²) >= 11 is 3.30. The van der Waals surface area contributed by atoms with Crippen molar-refractivity contribution in [1.82, 2.24) is 4.98 Å². The molecule has 0 fully saturated rings. The van der Waals surface area contributed by atoms with Crippen LogP contribution < -0.4 is 5.32 Å². The van der Waals surface area contributed by atoms with Crippen LogP contribution in [0.5, 0.6) is 0 Å². The maximum atomic E-state index is 12.1. The van der Waals surface area contributed by atoms with E-state index in [1.165, 1.54) is 0 Å². The molecule has 1 aromatic carbocycles. The number of nitrogens with one attached hydrogen (secondary N) is 1. The fraction of sp³-hybridized carbons (Fsp3) is 0.143. The number of anilines is 1. The number of hydrogen-bond donors (Lipinski definition) is 1. The number of halogens is 1. The van der Waals surface area contributed by atoms with E-state index in [2.05, 4.69) is 26.2 Å². The normalized spacial score (nSPS) is 10.2. The summed E-state index contributed by atoms with van der Waals surface area (Å²) in [6.07, 6.45) is 0. The van der Waals surface area contributed by atoms with Crippen molar-refractivity contribution in [3.05, 3.63) is 57.8 Å². The molecule has 1 heterocycles. The molecule has 0 aliphatic heterocycles. The molecule has 0 saturated carbocycles. The molecule has 0 radical (unpaired) electrons. The van der Waals surface area contributed by atoms with Crippen molar-refractivity contribution in [2.24, 2.45) is 0 Å². The summed E-state index contributed by atoms with van der Waals surface area (Å²) in [6, 6.07) is 11.1. The van der Waals surface area contributed by atoms with E-state index in [0.29, 0.717) is 5.56 Å². The number of hydrogen-bond acceptors (Lipinski definition) is 2. The van der Waals surface area contributed by atoms with Crippen molar-refractivity contribution in [2.45, 2.75) is 13.8 Å². The first kappa shape index (κ1) is 12.8. The van der Waals surface area contributed by atoms with Crippen molar-refractivity contribution in [2.75, 3.05) is 5.32 Å². The van der Waals surface area contributed by atoms with E-state index in [0.717, 1.165) is 21.5 Å². The smallest absolute Gasteiger partial charge is 0.255 e. The van der Waals surface area contributed by atoms with Gasteiger partial charge in [-0.05, 0) is 53.5 Å². The number of aryl methyl sites for hydroxylation is 2. The van der Waals surface area contributed by atoms with Gasteiger partial charge >= 0.3 is 0 Å². The van der Waals surface area contributed by atoms with Gasteiger partial charge in [-0.15, -0.1) is 0 Å². The van der Waals surface area contributed by atoms with Crippen LogP contribution in [0.4, 0.5) is 5.69 Å². The van der Waals surface area contributed by atoms with Gasteiger partial charge in [-0.2, -0.15) is 0 Å². The number of nitrogens with zero attached hydrogens (tertiary/aromatic N) is 1. The molecule has 0 saturated heterocycles. The van der Waals surface area contributed by atoms with Crippen molar-refractivity contribution in [1.29, 1.82) is 0 Å². The summed E-state index contributed by atoms with van der Waals surface area (Å²) in [5, 5.41) is 2.87. The van der Waals surface area contributed by atoms with Crippen LogP contribution in [0.3, 0.4) is 0 Å². The number of carbonyl (C=O) groups is 1. The van der Waals surface area contributed by atoms with E-state index in [9.17, 15) is 4.79 Å². The van der Waals surface area contributed by atoms with Crippen LogP contribution in [0.25, 0.3) is 0 Å². The molecule has 18 heavy (non-hydrogen) atoms. The molecule has 4 heteroatoms. The first-order chi connectivity index (χ1) is 8.58. The Labute approximate surface area is 114 Å². The van der Waals surface area contributed by atoms with Gasteiger partial charge in [0.25, 0.3) is 5.91 Å². The molecule has 1 amide bonds. The topological polar surface area (TPSA) is 42.0 Å². The van der Waals surface area contributed by atoms with Crippen LogP contribution in [0.2, 0.25) is 0 Å². The number of amides is 1. The molecular formula is C14H13BrN2O. The summed E-state index contributed by atoms with van der Waals surface area (Å²) in [5.41, 5.74) is 3.15. The largest absolute Gasteiger partial charge is 0.320 e. The van der Waals surface area contributed by atoms with Gasteiger partial charge in [0, 0.05) is 5.56 Å². The van der Waals surface area contributed by atoms with Crippen molar-refractivity contribution >= 4 is 27.5 Å². The summed E-state index contributed by atoms with van der Waals surface area (Å²) < 4.78 is 0.758. The molecule has 3 nitrogen and oxygen atoms in total. The summed E-state index contributed by atoms with van der Waals surface area (Å²) in [5.74, 6) is -0.111. The Balaban J connectivity index is 2.24. The molecule has 2 aromatic rings. The van der Waals surface area contributed by atoms with Gasteiger partial charge in [0.1, 0.15) is 4.60 Å². The Morgan fingerprint density at radius 1 is 1.17 bits per heavy atom. The molecule has 0 atom stereocenters. The highest BCUT2D eigenvalue weighted by atomic mass is 79.9. The van der Waals surface area contributed by atoms with Crippen LogP contribution in [0, 0.1) is 13.8 Å². The van der Waals surface area contributed by atoms with E-state index in [4.69, 9.17) is 0 Å². The Morgan fingerprint density at radius 2 is 1.89 bits per heavy atom. The van der Waals surface area contributed by atoms with Crippen LogP contribution >= 0.6 is 15.9 Å². The lowest BCUT2D eigenvalue weighted by atomic mass is 10.1. The minimum absolute atomic E-state index is 0.111. The SMILES string of the molecule is Cc1ccccc1C(=O)Nc1ccc(Br)nc1C. The number of pyridine rings is 1. The monoisotopic (exact) mass is 304 g/mol. The van der Waals surface area contributed by atoms with Crippen LogP contribution in [-0.4, -0.2) is 10.9 Å². The van der Waals surface area contributed by atoms with Gasteiger partial charge in [-0.25, -0.2) is 4.98 Å². The van der Waals surface area contributed by atoms with Crippen LogP contribution in [0.1, 0.15) is 21.6 Å². The van der Waals surface area contributed by atoms with Crippen molar-refractivity contribution in [3.8, 4) is 0 Å². The van der Waals surface area contributed by atoms with E-state index < -0.39 is 0 Å². The molecule has 0 bridgehead atoms. The lowest BCUT2D eigenvalue weighted by molar-refractivity contribution is 0.102. The average molecular weight is 305 g/mol. The van der Waals surface area contributed by atoms with Gasteiger partial charge in [0.2, 0.25) is 0 Å². The standard InChI is InChI=1S/C14H13BrN2O/c1-9-5-3-4-6-11(9)14(18)17-12-7-8-13(15)16-10(12)2/h3-8H,1-2H3,(H,17,18). The van der Waals surface area contributed by atoms with Gasteiger partial charge in [-0.3, -0.25) is 4.79 Å². The quantitative estimate of drug-likeness (QED) is 0.859. The minimum Gasteiger partial charge on any atom is -0.320 e. The number of rotatable bonds is 2. The van der Waals surface area contributed by atoms with E-state index in [-0.39, 0.29) is 5.91 Å². The first-order valence-electron chi connectivity index (χ1n) is 5.58. The summed E-state index contributed by atoms with van der Waals surface area (Å²) in [6.45, 7) is 3.78. The van der Waals surface area contributed by atoms with E-state index >= 15 is 0 Å². The maximum Gasteiger partial charge on any atom is 0.255 e. The zero-order valence-electron chi connectivity index (χ0n) is 10.2. The average Bonchev–Trinajstić information content (AvgIpc) is 2.33. The van der Waals surface area contributed by atoms with Crippen molar-refractivity contribution < 1.29 is 4.79 Å². The molecule has 0 aliphatic rings. The summed E-state index contributed by atoms with van der Waals surface area (Å²) in [4.78, 5) is 16.4. The predicted molar refractivity (Wildman–Crippen MR) is 75.8 cm³/mol. The molecule has 0 spiro atoms. The third-order valence-electron chi connectivity index (χ3n) is 2.69. The Morgan fingerprint density at radius 3 is 2.56 bits per heavy atom. The second-order valence-electron chi connectivity index (χ2n) is 4.04. The molecular weight excluding hydrogens is 292 g/mol. The number of aromatic nitrogens is 1. The fourth-order valence-corrected chi connectivity index (χ4v) is 2.08. The highest BCUT2D eigenvalue weighted by molar-refractivity contribution is 9.10. The highest BCUT2D eigenvalue weighted by Gasteiger charge is 2.10. The number of carbonyl (C=O) groups excluding carboxylic acids is 1. The third-order valence-corrected chi connectivity index (χ3v) is 3.13. The zero-order chi connectivity index (χ0) is 13.1. The lowest BCUT2D eigenvalue weighted by Gasteiger charge is -2.09. The van der Waals surface area contributed by atoms with E-state index in [1.54, 1.807) is 6.07 Å². The van der Waals surface area contributed by atoms with Crippen LogP contribution in [0.15, 0.2) is 41.0 Å². The highest BCUT2D eigenvalue weighted by Crippen LogP contribution is 2.17. The molecule has 92 valence electrons. The van der Waals surface area contributed by atoms with Crippen LogP contribution in [-0.2, 0) is 0 Å². The van der Waals surface area contributed by atoms with Crippen molar-refractivity contribution in [3.63, 3.8) is 0 Å². The fourth-order valence-electron chi connectivity index (χ4n) is 1.68. The third kappa shape index (κ3) is 2.76. The van der Waals surface area contributed by atoms with Gasteiger partial charge in [0.15, 0.2) is 0 Å². The van der Waals surface area contributed by atoms with Gasteiger partial charge < -0.3 is 5.32 Å². The minimum atomic E-state index is -0.111. The molecule has 2 rings (SSSR count). The molecule has 1 aromatic heterocycles. The van der Waals surface area contributed by atoms with Gasteiger partial charge in [-0.1, -0.05) is 18.2 Å². The zero-order valence-corrected chi connectivity index (χ0v) is 11.8. The number of benzene rings is 1. The summed E-state index contributed by atoms with van der Waals surface area (Å²) in [7, 11) is 0.